The van der Waals surface area contributed by atoms with E-state index in [0.29, 0.717) is 22.9 Å². The number of nitrogens with one attached hydrogen (secondary N) is 2. The molecule has 5 N–H and O–H groups in total. The molecule has 6 aliphatic rings. The van der Waals surface area contributed by atoms with E-state index in [9.17, 15) is 14.7 Å². The van der Waals surface area contributed by atoms with E-state index in [4.69, 9.17) is 5.73 Å². The van der Waals surface area contributed by atoms with Gasteiger partial charge in [-0.15, -0.1) is 11.8 Å². The third-order valence-corrected chi connectivity index (χ3v) is 15.6. The van der Waals surface area contributed by atoms with Crippen molar-refractivity contribution in [1.82, 2.24) is 15.5 Å². The molecule has 0 aromatic carbocycles. The van der Waals surface area contributed by atoms with Gasteiger partial charge in [-0.25, -0.2) is 0 Å². The van der Waals surface area contributed by atoms with Gasteiger partial charge in [0.15, 0.2) is 0 Å². The number of hydrogen-bond donors (Lipinski definition) is 4. The molecule has 0 aromatic rings. The second kappa shape index (κ2) is 11.9. The molecule has 0 bridgehead atoms. The highest BCUT2D eigenvalue weighted by atomic mass is 32.2. The molecule has 11 atom stereocenters. The summed E-state index contributed by atoms with van der Waals surface area (Å²) >= 11 is 1.87. The number of amides is 2. The van der Waals surface area contributed by atoms with Crippen LogP contribution in [0.4, 0.5) is 0 Å². The number of carbonyl (C=O) groups is 2. The first-order chi connectivity index (χ1) is 20.8. The predicted octanol–water partition coefficient (Wildman–Crippen LogP) is 5.90. The molecule has 4 saturated carbocycles. The van der Waals surface area contributed by atoms with Gasteiger partial charge in [0.25, 0.3) is 0 Å². The van der Waals surface area contributed by atoms with Crippen LogP contribution in [-0.2, 0) is 9.59 Å². The number of rotatable bonds is 9. The van der Waals surface area contributed by atoms with Gasteiger partial charge in [-0.1, -0.05) is 53.0 Å². The first-order valence-corrected chi connectivity index (χ1v) is 18.7. The monoisotopic (exact) mass is 626 g/mol. The normalized spacial score (nSPS) is 43.7. The molecular formula is C36H58N4O3S. The number of nitrogens with two attached hydrogens (primary N) is 1. The molecule has 5 fully saturated rings. The summed E-state index contributed by atoms with van der Waals surface area (Å²) in [5, 5.41) is 18.0. The Balaban J connectivity index is 1.06. The van der Waals surface area contributed by atoms with Crippen LogP contribution >= 0.6 is 11.8 Å². The molecule has 4 aliphatic carbocycles. The maximum Gasteiger partial charge on any atom is 0.234 e. The van der Waals surface area contributed by atoms with Gasteiger partial charge in [-0.3, -0.25) is 14.5 Å². The zero-order valence-electron chi connectivity index (χ0n) is 27.9. The van der Waals surface area contributed by atoms with Crippen molar-refractivity contribution in [3.05, 3.63) is 23.5 Å². The summed E-state index contributed by atoms with van der Waals surface area (Å²) < 4.78 is 0. The van der Waals surface area contributed by atoms with Crippen LogP contribution in [0.25, 0.3) is 0 Å². The Morgan fingerprint density at radius 3 is 2.59 bits per heavy atom. The number of carbonyl (C=O) groups excluding carboxylic acids is 2. The maximum absolute atomic E-state index is 13.5. The molecule has 8 heteroatoms. The lowest BCUT2D eigenvalue weighted by Gasteiger charge is -2.70. The lowest BCUT2D eigenvalue weighted by molar-refractivity contribution is -0.235. The van der Waals surface area contributed by atoms with E-state index < -0.39 is 6.17 Å². The van der Waals surface area contributed by atoms with E-state index in [1.54, 1.807) is 0 Å². The standard InChI is InChI=1S/C36H58N4O3S/c1-21-20-44-33-27(32(43)40(33)31(21)22(2)38-29(19-37)39-23(3)41)11-9-10-24-12-13-26-25(24)14-17-35(5)30(26)28(42)18-34(4)15-7-8-16-36(34,35)6/h24-30,33,38,42H,2,7-20,37H2,1,3-6H3,(H,39,41). The van der Waals surface area contributed by atoms with Gasteiger partial charge in [0, 0.05) is 19.2 Å². The summed E-state index contributed by atoms with van der Waals surface area (Å²) in [6, 6.07) is 0. The van der Waals surface area contributed by atoms with Crippen LogP contribution in [0.5, 0.6) is 0 Å². The van der Waals surface area contributed by atoms with Gasteiger partial charge < -0.3 is 21.5 Å². The summed E-state index contributed by atoms with van der Waals surface area (Å²) in [6.07, 6.45) is 14.1. The van der Waals surface area contributed by atoms with Gasteiger partial charge in [-0.05, 0) is 104 Å². The zero-order chi connectivity index (χ0) is 31.6. The highest BCUT2D eigenvalue weighted by Crippen LogP contribution is 2.73. The Morgan fingerprint density at radius 2 is 1.86 bits per heavy atom. The van der Waals surface area contributed by atoms with Crippen molar-refractivity contribution in [1.29, 1.82) is 0 Å². The molecule has 246 valence electrons. The molecule has 0 radical (unpaired) electrons. The highest BCUT2D eigenvalue weighted by molar-refractivity contribution is 8.00. The lowest BCUT2D eigenvalue weighted by atomic mass is 9.35. The highest BCUT2D eigenvalue weighted by Gasteiger charge is 2.67. The smallest absolute Gasteiger partial charge is 0.234 e. The van der Waals surface area contributed by atoms with Gasteiger partial charge >= 0.3 is 0 Å². The minimum atomic E-state index is -0.418. The molecule has 44 heavy (non-hydrogen) atoms. The molecule has 11 unspecified atom stereocenters. The van der Waals surface area contributed by atoms with Crippen LogP contribution < -0.4 is 16.4 Å². The molecule has 2 amide bonds. The van der Waals surface area contributed by atoms with Crippen LogP contribution in [0.1, 0.15) is 112 Å². The van der Waals surface area contributed by atoms with Crippen LogP contribution in [0.15, 0.2) is 23.5 Å². The van der Waals surface area contributed by atoms with E-state index in [1.807, 2.05) is 16.7 Å². The third kappa shape index (κ3) is 4.99. The van der Waals surface area contributed by atoms with Gasteiger partial charge in [0.1, 0.15) is 6.17 Å². The molecule has 0 aromatic heterocycles. The van der Waals surface area contributed by atoms with Crippen molar-refractivity contribution in [3.8, 4) is 0 Å². The number of nitrogens with zero attached hydrogens (tertiary/aromatic N) is 1. The molecule has 2 aliphatic heterocycles. The average Bonchev–Trinajstić information content (AvgIpc) is 3.37. The number of aliphatic hydroxyl groups is 1. The lowest BCUT2D eigenvalue weighted by Crippen LogP contribution is -2.65. The molecule has 7 nitrogen and oxygen atoms in total. The topological polar surface area (TPSA) is 108 Å². The van der Waals surface area contributed by atoms with Crippen LogP contribution in [0.3, 0.4) is 0 Å². The maximum atomic E-state index is 13.5. The largest absolute Gasteiger partial charge is 0.393 e. The fraction of sp³-hybridized carbons (Fsp3) is 0.833. The van der Waals surface area contributed by atoms with E-state index in [1.165, 1.54) is 64.7 Å². The summed E-state index contributed by atoms with van der Waals surface area (Å²) in [4.78, 5) is 27.0. The third-order valence-electron chi connectivity index (χ3n) is 14.1. The Hall–Kier alpha value is -1.51. The van der Waals surface area contributed by atoms with Crippen molar-refractivity contribution in [3.63, 3.8) is 0 Å². The fourth-order valence-electron chi connectivity index (χ4n) is 11.7. The zero-order valence-corrected chi connectivity index (χ0v) is 28.7. The van der Waals surface area contributed by atoms with Crippen molar-refractivity contribution < 1.29 is 14.7 Å². The number of aliphatic hydroxyl groups excluding tert-OH is 1. The number of β-lactam (4-membered cyclic amide) rings is 1. The molecule has 1 saturated heterocycles. The van der Waals surface area contributed by atoms with Gasteiger partial charge in [-0.2, -0.15) is 0 Å². The molecule has 2 heterocycles. The van der Waals surface area contributed by atoms with Crippen molar-refractivity contribution in [2.24, 2.45) is 51.6 Å². The fourth-order valence-corrected chi connectivity index (χ4v) is 13.1. The summed E-state index contributed by atoms with van der Waals surface area (Å²) in [6.45, 7) is 15.7. The Morgan fingerprint density at radius 1 is 1.11 bits per heavy atom. The minimum absolute atomic E-state index is 0.0625. The SMILES string of the molecule is C=C(NC(CN)NC(C)=O)C1=C(C)CSC2C(CCCC3CCC4C3CCC3(C)C4C(O)CC4(C)CCCCC43C)C(=O)N12. The van der Waals surface area contributed by atoms with E-state index in [0.717, 1.165) is 48.1 Å². The molecular weight excluding hydrogens is 568 g/mol. The first kappa shape index (κ1) is 32.4. The Bertz CT molecular complexity index is 1210. The summed E-state index contributed by atoms with van der Waals surface area (Å²) in [5.74, 6) is 3.57. The van der Waals surface area contributed by atoms with E-state index in [2.05, 4.69) is 44.9 Å². The van der Waals surface area contributed by atoms with E-state index >= 15 is 0 Å². The predicted molar refractivity (Wildman–Crippen MR) is 178 cm³/mol. The van der Waals surface area contributed by atoms with Crippen molar-refractivity contribution in [2.45, 2.75) is 129 Å². The number of thioether (sulfide) groups is 1. The first-order valence-electron chi connectivity index (χ1n) is 17.6. The Kier molecular flexibility index (Phi) is 8.80. The second-order valence-corrected chi connectivity index (χ2v) is 17.3. The van der Waals surface area contributed by atoms with Crippen LogP contribution in [0.2, 0.25) is 0 Å². The quantitative estimate of drug-likeness (QED) is 0.188. The summed E-state index contributed by atoms with van der Waals surface area (Å²) in [5.41, 5.74) is 9.35. The van der Waals surface area contributed by atoms with Crippen LogP contribution in [-0.4, -0.2) is 51.8 Å². The van der Waals surface area contributed by atoms with Gasteiger partial charge in [0.2, 0.25) is 11.8 Å². The van der Waals surface area contributed by atoms with E-state index in [-0.39, 0.29) is 46.6 Å². The molecule has 6 rings (SSSR count). The number of fused-ring (bicyclic) bond motifs is 6. The minimum Gasteiger partial charge on any atom is -0.393 e. The summed E-state index contributed by atoms with van der Waals surface area (Å²) in [7, 11) is 0. The van der Waals surface area contributed by atoms with Gasteiger partial charge in [0.05, 0.1) is 28.8 Å². The second-order valence-electron chi connectivity index (χ2n) is 16.2. The number of hydrogen-bond acceptors (Lipinski definition) is 6. The Labute approximate surface area is 270 Å². The van der Waals surface area contributed by atoms with Crippen molar-refractivity contribution in [2.75, 3.05) is 12.3 Å². The van der Waals surface area contributed by atoms with Crippen molar-refractivity contribution >= 4 is 23.6 Å². The molecule has 0 spiro atoms. The average molecular weight is 627 g/mol. The van der Waals surface area contributed by atoms with Crippen LogP contribution in [0, 0.1) is 45.8 Å².